The van der Waals surface area contributed by atoms with Gasteiger partial charge in [-0.15, -0.1) is 0 Å². The number of amides is 1. The molecule has 0 unspecified atom stereocenters. The second-order valence-corrected chi connectivity index (χ2v) is 5.02. The van der Waals surface area contributed by atoms with Crippen molar-refractivity contribution in [1.29, 1.82) is 0 Å². The van der Waals surface area contributed by atoms with Gasteiger partial charge in [-0.1, -0.05) is 12.1 Å². The van der Waals surface area contributed by atoms with E-state index in [0.29, 0.717) is 17.1 Å². The molecule has 0 aliphatic carbocycles. The van der Waals surface area contributed by atoms with E-state index >= 15 is 0 Å². The monoisotopic (exact) mass is 344 g/mol. The van der Waals surface area contributed by atoms with E-state index in [-0.39, 0.29) is 22.9 Å². The summed E-state index contributed by atoms with van der Waals surface area (Å²) in [4.78, 5) is 22.3. The third-order valence-corrected chi connectivity index (χ3v) is 3.33. The SMILES string of the molecule is COc1ccc(/C=N/NC(=O)Cc2ccc([N+](=O)O)cc2)cc1OC. The molecule has 2 rings (SSSR count). The summed E-state index contributed by atoms with van der Waals surface area (Å²) in [6, 6.07) is 11.2. The predicted molar refractivity (Wildman–Crippen MR) is 90.5 cm³/mol. The van der Waals surface area contributed by atoms with Gasteiger partial charge in [0, 0.05) is 12.1 Å². The highest BCUT2D eigenvalue weighted by Gasteiger charge is 2.11. The average Bonchev–Trinajstić information content (AvgIpc) is 2.62. The molecular formula is C17H18N3O5+. The number of hydrogen-bond acceptors (Lipinski definition) is 5. The molecule has 2 N–H and O–H groups in total. The maximum Gasteiger partial charge on any atom is 0.316 e. The number of ether oxygens (including phenoxy) is 2. The van der Waals surface area contributed by atoms with Gasteiger partial charge in [-0.05, 0) is 29.3 Å². The highest BCUT2D eigenvalue weighted by Crippen LogP contribution is 2.26. The number of methoxy groups -OCH3 is 2. The van der Waals surface area contributed by atoms with Crippen LogP contribution in [0, 0.1) is 4.91 Å². The standard InChI is InChI=1S/C17H17N3O5/c1-24-15-8-5-13(9-16(15)25-2)11-18-19-17(21)10-12-3-6-14(7-4-12)20(22)23/h3-9,11H,10H2,1-2H3,(H-,19,21,22,23)/p+1/b18-11+. The molecule has 0 saturated heterocycles. The minimum Gasteiger partial charge on any atom is -0.493 e. The number of nitrogens with zero attached hydrogens (tertiary/aromatic N) is 2. The number of benzene rings is 2. The van der Waals surface area contributed by atoms with Gasteiger partial charge >= 0.3 is 5.69 Å². The Balaban J connectivity index is 1.93. The van der Waals surface area contributed by atoms with Crippen LogP contribution in [0.25, 0.3) is 0 Å². The molecule has 0 aromatic heterocycles. The van der Waals surface area contributed by atoms with Crippen molar-refractivity contribution in [3.05, 3.63) is 58.5 Å². The third-order valence-electron chi connectivity index (χ3n) is 3.33. The quantitative estimate of drug-likeness (QED) is 0.592. The van der Waals surface area contributed by atoms with E-state index in [0.717, 1.165) is 5.56 Å². The summed E-state index contributed by atoms with van der Waals surface area (Å²) in [5.41, 5.74) is 3.93. The zero-order chi connectivity index (χ0) is 18.2. The Labute approximate surface area is 144 Å². The van der Waals surface area contributed by atoms with E-state index in [1.54, 1.807) is 37.4 Å². The van der Waals surface area contributed by atoms with Gasteiger partial charge in [0.15, 0.2) is 11.5 Å². The van der Waals surface area contributed by atoms with Gasteiger partial charge in [-0.25, -0.2) is 10.6 Å². The van der Waals surface area contributed by atoms with Crippen molar-refractivity contribution in [2.24, 2.45) is 5.10 Å². The molecule has 8 nitrogen and oxygen atoms in total. The molecule has 8 heteroatoms. The summed E-state index contributed by atoms with van der Waals surface area (Å²) in [5.74, 6) is 0.855. The number of nitrogens with one attached hydrogen (secondary N) is 1. The van der Waals surface area contributed by atoms with Crippen LogP contribution in [-0.2, 0) is 11.2 Å². The molecule has 1 amide bonds. The first-order chi connectivity index (χ1) is 12.0. The van der Waals surface area contributed by atoms with E-state index in [2.05, 4.69) is 10.5 Å². The van der Waals surface area contributed by atoms with Crippen LogP contribution >= 0.6 is 0 Å². The van der Waals surface area contributed by atoms with Crippen LogP contribution < -0.4 is 14.9 Å². The molecule has 0 heterocycles. The lowest BCUT2D eigenvalue weighted by Crippen LogP contribution is -2.19. The number of rotatable bonds is 7. The molecule has 130 valence electrons. The second-order valence-electron chi connectivity index (χ2n) is 5.02. The smallest absolute Gasteiger partial charge is 0.316 e. The van der Waals surface area contributed by atoms with Crippen LogP contribution in [-0.4, -0.2) is 36.5 Å². The Morgan fingerprint density at radius 2 is 1.84 bits per heavy atom. The van der Waals surface area contributed by atoms with Crippen molar-refractivity contribution >= 4 is 17.8 Å². The van der Waals surface area contributed by atoms with Crippen LogP contribution in [0.1, 0.15) is 11.1 Å². The van der Waals surface area contributed by atoms with Crippen LogP contribution in [0.5, 0.6) is 11.5 Å². The first-order valence-electron chi connectivity index (χ1n) is 7.32. The van der Waals surface area contributed by atoms with E-state index in [9.17, 15) is 9.70 Å². The molecule has 0 radical (unpaired) electrons. The summed E-state index contributed by atoms with van der Waals surface area (Å²) in [6.07, 6.45) is 1.58. The van der Waals surface area contributed by atoms with E-state index in [1.165, 1.54) is 25.5 Å². The third kappa shape index (κ3) is 5.03. The molecule has 0 fully saturated rings. The number of carbonyl (C=O) groups is 1. The molecule has 2 aromatic rings. The van der Waals surface area contributed by atoms with Crippen molar-refractivity contribution in [3.63, 3.8) is 0 Å². The molecule has 2 aromatic carbocycles. The van der Waals surface area contributed by atoms with Crippen LogP contribution in [0.4, 0.5) is 5.69 Å². The van der Waals surface area contributed by atoms with Crippen molar-refractivity contribution in [2.75, 3.05) is 14.2 Å². The predicted octanol–water partition coefficient (Wildman–Crippen LogP) is 2.20. The fraction of sp³-hybridized carbons (Fsp3) is 0.176. The fourth-order valence-electron chi connectivity index (χ4n) is 2.08. The van der Waals surface area contributed by atoms with Crippen LogP contribution in [0.2, 0.25) is 0 Å². The Bertz CT molecular complexity index is 787. The van der Waals surface area contributed by atoms with Gasteiger partial charge in [0.2, 0.25) is 5.91 Å². The second kappa shape index (κ2) is 8.44. The summed E-state index contributed by atoms with van der Waals surface area (Å²) in [5, 5.41) is 12.6. The van der Waals surface area contributed by atoms with Gasteiger partial charge in [-0.3, -0.25) is 4.79 Å². The van der Waals surface area contributed by atoms with E-state index in [4.69, 9.17) is 14.7 Å². The highest BCUT2D eigenvalue weighted by atomic mass is 16.6. The minimum absolute atomic E-state index is 0.0911. The van der Waals surface area contributed by atoms with Gasteiger partial charge < -0.3 is 9.47 Å². The normalized spacial score (nSPS) is 10.5. The Morgan fingerprint density at radius 3 is 2.44 bits per heavy atom. The largest absolute Gasteiger partial charge is 0.493 e. The Morgan fingerprint density at radius 1 is 1.16 bits per heavy atom. The molecule has 0 saturated carbocycles. The topological polar surface area (TPSA) is 100 Å². The number of carbonyl (C=O) groups excluding carboxylic acids is 1. The van der Waals surface area contributed by atoms with Gasteiger partial charge in [-0.2, -0.15) is 5.10 Å². The zero-order valence-corrected chi connectivity index (χ0v) is 13.8. The first-order valence-corrected chi connectivity index (χ1v) is 7.32. The molecule has 0 atom stereocenters. The van der Waals surface area contributed by atoms with Gasteiger partial charge in [0.1, 0.15) is 0 Å². The summed E-state index contributed by atoms with van der Waals surface area (Å²) >= 11 is 0. The summed E-state index contributed by atoms with van der Waals surface area (Å²) < 4.78 is 10.3. The number of hydrazone groups is 1. The zero-order valence-electron chi connectivity index (χ0n) is 13.8. The summed E-state index contributed by atoms with van der Waals surface area (Å²) in [7, 11) is 3.09. The van der Waals surface area contributed by atoms with Crippen LogP contribution in [0.15, 0.2) is 47.6 Å². The van der Waals surface area contributed by atoms with Gasteiger partial charge in [0.05, 0.1) is 31.8 Å². The Hall–Kier alpha value is -3.42. The van der Waals surface area contributed by atoms with Crippen molar-refractivity contribution < 1.29 is 24.4 Å². The number of hydrogen-bond donors (Lipinski definition) is 2. The van der Waals surface area contributed by atoms with E-state index < -0.39 is 0 Å². The van der Waals surface area contributed by atoms with Gasteiger partial charge in [0.25, 0.3) is 4.92 Å². The minimum atomic E-state index is -0.313. The van der Waals surface area contributed by atoms with Crippen molar-refractivity contribution in [1.82, 2.24) is 5.43 Å². The average molecular weight is 344 g/mol. The molecule has 25 heavy (non-hydrogen) atoms. The molecule has 0 aliphatic heterocycles. The molecular weight excluding hydrogens is 326 g/mol. The lowest BCUT2D eigenvalue weighted by molar-refractivity contribution is -0.729. The van der Waals surface area contributed by atoms with E-state index in [1.807, 2.05) is 0 Å². The molecule has 0 aliphatic rings. The van der Waals surface area contributed by atoms with Crippen LogP contribution in [0.3, 0.4) is 0 Å². The lowest BCUT2D eigenvalue weighted by Gasteiger charge is -2.07. The lowest BCUT2D eigenvalue weighted by atomic mass is 10.1. The van der Waals surface area contributed by atoms with Crippen molar-refractivity contribution in [2.45, 2.75) is 6.42 Å². The fourth-order valence-corrected chi connectivity index (χ4v) is 2.08. The Kier molecular flexibility index (Phi) is 6.05. The molecule has 0 spiro atoms. The maximum absolute atomic E-state index is 11.9. The maximum atomic E-state index is 11.9. The highest BCUT2D eigenvalue weighted by molar-refractivity contribution is 5.84. The first kappa shape index (κ1) is 17.9. The summed E-state index contributed by atoms with van der Waals surface area (Å²) in [6.45, 7) is 0. The molecule has 0 bridgehead atoms. The van der Waals surface area contributed by atoms with Crippen molar-refractivity contribution in [3.8, 4) is 11.5 Å².